The lowest BCUT2D eigenvalue weighted by Gasteiger charge is -2.10. The summed E-state index contributed by atoms with van der Waals surface area (Å²) in [6, 6.07) is 5.66. The fraction of sp³-hybridized carbons (Fsp3) is 0.286. The molecule has 2 aromatic rings. The van der Waals surface area contributed by atoms with E-state index in [-0.39, 0.29) is 17.4 Å². The number of benzene rings is 1. The van der Waals surface area contributed by atoms with Crippen LogP contribution in [0.4, 0.5) is 5.69 Å². The Hall–Kier alpha value is -2.21. The predicted molar refractivity (Wildman–Crippen MR) is 79.1 cm³/mol. The second kappa shape index (κ2) is 5.65. The lowest BCUT2D eigenvalue weighted by Crippen LogP contribution is -2.23. The van der Waals surface area contributed by atoms with Crippen LogP contribution in [-0.4, -0.2) is 16.6 Å². The Morgan fingerprint density at radius 2 is 2.29 bits per heavy atom. The van der Waals surface area contributed by atoms with E-state index in [1.807, 2.05) is 25.1 Å². The summed E-state index contributed by atoms with van der Waals surface area (Å²) in [7, 11) is 0. The zero-order chi connectivity index (χ0) is 14.8. The standard InChI is InChI=1S/C14H14ClN3O3/c1-2-18-14(19)12(15)10(7-17-18)16-6-9-4-3-5-11-13(9)21-8-20-11/h3-5,7,16H,2,6,8H2,1H3. The van der Waals surface area contributed by atoms with Gasteiger partial charge < -0.3 is 14.8 Å². The molecular formula is C14H14ClN3O3. The first-order chi connectivity index (χ1) is 10.2. The zero-order valence-electron chi connectivity index (χ0n) is 11.4. The van der Waals surface area contributed by atoms with Crippen LogP contribution in [0.1, 0.15) is 12.5 Å². The van der Waals surface area contributed by atoms with Crippen molar-refractivity contribution >= 4 is 17.3 Å². The van der Waals surface area contributed by atoms with Crippen molar-refractivity contribution in [3.63, 3.8) is 0 Å². The number of para-hydroxylation sites is 1. The third-order valence-corrected chi connectivity index (χ3v) is 3.60. The summed E-state index contributed by atoms with van der Waals surface area (Å²) in [5.41, 5.74) is 1.13. The summed E-state index contributed by atoms with van der Waals surface area (Å²) in [6.45, 7) is 3.00. The van der Waals surface area contributed by atoms with Crippen LogP contribution in [0.15, 0.2) is 29.2 Å². The lowest BCUT2D eigenvalue weighted by atomic mass is 10.2. The van der Waals surface area contributed by atoms with Crippen molar-refractivity contribution in [1.29, 1.82) is 0 Å². The molecule has 110 valence electrons. The molecule has 7 heteroatoms. The monoisotopic (exact) mass is 307 g/mol. The largest absolute Gasteiger partial charge is 0.454 e. The molecule has 0 fully saturated rings. The highest BCUT2D eigenvalue weighted by molar-refractivity contribution is 6.32. The zero-order valence-corrected chi connectivity index (χ0v) is 12.2. The molecule has 0 saturated carbocycles. The van der Waals surface area contributed by atoms with E-state index in [0.29, 0.717) is 18.8 Å². The van der Waals surface area contributed by atoms with Gasteiger partial charge in [0.05, 0.1) is 11.9 Å². The minimum absolute atomic E-state index is 0.136. The van der Waals surface area contributed by atoms with Crippen LogP contribution < -0.4 is 20.3 Å². The number of halogens is 1. The van der Waals surface area contributed by atoms with Crippen LogP contribution in [0.3, 0.4) is 0 Å². The van der Waals surface area contributed by atoms with Gasteiger partial charge in [-0.2, -0.15) is 5.10 Å². The van der Waals surface area contributed by atoms with Crippen LogP contribution in [-0.2, 0) is 13.1 Å². The van der Waals surface area contributed by atoms with Gasteiger partial charge in [-0.05, 0) is 13.0 Å². The third kappa shape index (κ3) is 2.54. The third-order valence-electron chi connectivity index (χ3n) is 3.23. The van der Waals surface area contributed by atoms with Crippen LogP contribution in [0.5, 0.6) is 11.5 Å². The molecule has 0 spiro atoms. The van der Waals surface area contributed by atoms with Crippen molar-refractivity contribution in [3.05, 3.63) is 45.3 Å². The molecule has 1 N–H and O–H groups in total. The highest BCUT2D eigenvalue weighted by Gasteiger charge is 2.17. The van der Waals surface area contributed by atoms with Crippen LogP contribution in [0.2, 0.25) is 5.02 Å². The summed E-state index contributed by atoms with van der Waals surface area (Å²) < 4.78 is 12.1. The summed E-state index contributed by atoms with van der Waals surface area (Å²) in [5.74, 6) is 1.44. The molecule has 0 bridgehead atoms. The number of nitrogens with zero attached hydrogens (tertiary/aromatic N) is 2. The van der Waals surface area contributed by atoms with E-state index in [1.165, 1.54) is 4.68 Å². The normalized spacial score (nSPS) is 12.5. The number of aryl methyl sites for hydroxylation is 1. The minimum Gasteiger partial charge on any atom is -0.454 e. The van der Waals surface area contributed by atoms with Crippen molar-refractivity contribution in [1.82, 2.24) is 9.78 Å². The fourth-order valence-corrected chi connectivity index (χ4v) is 2.35. The van der Waals surface area contributed by atoms with Crippen LogP contribution >= 0.6 is 11.6 Å². The first-order valence-electron chi connectivity index (χ1n) is 6.57. The van der Waals surface area contributed by atoms with Gasteiger partial charge in [0.25, 0.3) is 5.56 Å². The lowest BCUT2D eigenvalue weighted by molar-refractivity contribution is 0.173. The SMILES string of the molecule is CCn1ncc(NCc2cccc3c2OCO3)c(Cl)c1=O. The van der Waals surface area contributed by atoms with Gasteiger partial charge in [-0.25, -0.2) is 4.68 Å². The molecular weight excluding hydrogens is 294 g/mol. The summed E-state index contributed by atoms with van der Waals surface area (Å²) in [5, 5.41) is 7.29. The van der Waals surface area contributed by atoms with Gasteiger partial charge in [0, 0.05) is 18.7 Å². The molecule has 6 nitrogen and oxygen atoms in total. The Labute approximate surface area is 126 Å². The number of hydrogen-bond acceptors (Lipinski definition) is 5. The molecule has 21 heavy (non-hydrogen) atoms. The van der Waals surface area contributed by atoms with E-state index in [0.717, 1.165) is 17.1 Å². The molecule has 0 radical (unpaired) electrons. The van der Waals surface area contributed by atoms with Crippen molar-refractivity contribution in [2.75, 3.05) is 12.1 Å². The Balaban J connectivity index is 1.82. The number of aromatic nitrogens is 2. The quantitative estimate of drug-likeness (QED) is 0.938. The van der Waals surface area contributed by atoms with Crippen molar-refractivity contribution in [3.8, 4) is 11.5 Å². The topological polar surface area (TPSA) is 65.4 Å². The van der Waals surface area contributed by atoms with E-state index in [2.05, 4.69) is 10.4 Å². The molecule has 3 rings (SSSR count). The molecule has 0 atom stereocenters. The van der Waals surface area contributed by atoms with Crippen molar-refractivity contribution < 1.29 is 9.47 Å². The molecule has 0 saturated heterocycles. The fourth-order valence-electron chi connectivity index (χ4n) is 2.13. The summed E-state index contributed by atoms with van der Waals surface area (Å²) in [6.07, 6.45) is 1.55. The average Bonchev–Trinajstić information content (AvgIpc) is 2.98. The molecule has 1 aliphatic heterocycles. The number of rotatable bonds is 4. The average molecular weight is 308 g/mol. The van der Waals surface area contributed by atoms with E-state index in [9.17, 15) is 4.79 Å². The number of hydrogen-bond donors (Lipinski definition) is 1. The van der Waals surface area contributed by atoms with Gasteiger partial charge in [0.2, 0.25) is 6.79 Å². The maximum absolute atomic E-state index is 11.9. The molecule has 0 unspecified atom stereocenters. The smallest absolute Gasteiger partial charge is 0.287 e. The van der Waals surface area contributed by atoms with E-state index < -0.39 is 0 Å². The molecule has 1 aromatic heterocycles. The Morgan fingerprint density at radius 3 is 3.10 bits per heavy atom. The second-order valence-corrected chi connectivity index (χ2v) is 4.88. The van der Waals surface area contributed by atoms with Gasteiger partial charge in [-0.1, -0.05) is 23.7 Å². The Morgan fingerprint density at radius 1 is 1.43 bits per heavy atom. The maximum atomic E-state index is 11.9. The molecule has 0 aliphatic carbocycles. The van der Waals surface area contributed by atoms with Crippen molar-refractivity contribution in [2.24, 2.45) is 0 Å². The summed E-state index contributed by atoms with van der Waals surface area (Å²) >= 11 is 6.07. The Bertz CT molecular complexity index is 730. The van der Waals surface area contributed by atoms with Crippen LogP contribution in [0.25, 0.3) is 0 Å². The first-order valence-corrected chi connectivity index (χ1v) is 6.95. The molecule has 0 amide bonds. The van der Waals surface area contributed by atoms with E-state index in [1.54, 1.807) is 6.20 Å². The van der Waals surface area contributed by atoms with Gasteiger partial charge in [-0.15, -0.1) is 0 Å². The predicted octanol–water partition coefficient (Wildman–Crippen LogP) is 2.26. The number of fused-ring (bicyclic) bond motifs is 1. The maximum Gasteiger partial charge on any atom is 0.287 e. The number of anilines is 1. The Kier molecular flexibility index (Phi) is 3.70. The summed E-state index contributed by atoms with van der Waals surface area (Å²) in [4.78, 5) is 11.9. The minimum atomic E-state index is -0.304. The van der Waals surface area contributed by atoms with Crippen molar-refractivity contribution in [2.45, 2.75) is 20.0 Å². The molecule has 1 aliphatic rings. The van der Waals surface area contributed by atoms with Gasteiger partial charge in [0.1, 0.15) is 5.02 Å². The number of ether oxygens (including phenoxy) is 2. The second-order valence-electron chi connectivity index (χ2n) is 4.50. The van der Waals surface area contributed by atoms with Gasteiger partial charge >= 0.3 is 0 Å². The molecule has 1 aromatic carbocycles. The highest BCUT2D eigenvalue weighted by Crippen LogP contribution is 2.35. The highest BCUT2D eigenvalue weighted by atomic mass is 35.5. The van der Waals surface area contributed by atoms with Gasteiger partial charge in [0.15, 0.2) is 11.5 Å². The number of nitrogens with one attached hydrogen (secondary N) is 1. The first kappa shape index (κ1) is 13.8. The molecule has 2 heterocycles. The van der Waals surface area contributed by atoms with Gasteiger partial charge in [-0.3, -0.25) is 4.79 Å². The van der Waals surface area contributed by atoms with E-state index in [4.69, 9.17) is 21.1 Å². The van der Waals surface area contributed by atoms with E-state index >= 15 is 0 Å². The van der Waals surface area contributed by atoms with Crippen LogP contribution in [0, 0.1) is 0 Å².